The van der Waals surface area contributed by atoms with Crippen molar-refractivity contribution >= 4 is 17.6 Å². The maximum atomic E-state index is 12.3. The Labute approximate surface area is 190 Å². The molecule has 2 aromatic carbocycles. The van der Waals surface area contributed by atoms with Crippen LogP contribution in [-0.2, 0) is 6.54 Å². The summed E-state index contributed by atoms with van der Waals surface area (Å²) in [7, 11) is 2.89. The zero-order valence-corrected chi connectivity index (χ0v) is 18.3. The van der Waals surface area contributed by atoms with E-state index < -0.39 is 6.03 Å². The second-order valence-corrected chi connectivity index (χ2v) is 6.96. The molecule has 3 amide bonds. The molecule has 1 aromatic heterocycles. The SMILES string of the molecule is CNC(=O)c1cc(Oc2ccc(CNC(=O)Nc3c(OC)cc(O)c(C)c3O)cc2)ccn1. The second-order valence-electron chi connectivity index (χ2n) is 6.96. The highest BCUT2D eigenvalue weighted by Crippen LogP contribution is 2.41. The van der Waals surface area contributed by atoms with Gasteiger partial charge in [0.25, 0.3) is 5.91 Å². The number of phenolic OH excluding ortho intramolecular Hbond substituents is 2. The standard InChI is InChI=1S/C23H24N4O6/c1-13-18(28)11-19(32-3)20(21(13)29)27-23(31)26-12-14-4-6-15(7-5-14)33-16-8-9-25-17(10-16)22(30)24-2/h4-11,28-29H,12H2,1-3H3,(H,24,30)(H2,26,27,31). The van der Waals surface area contributed by atoms with E-state index in [1.807, 2.05) is 0 Å². The van der Waals surface area contributed by atoms with Crippen LogP contribution in [0.25, 0.3) is 0 Å². The number of anilines is 1. The summed E-state index contributed by atoms with van der Waals surface area (Å²) in [4.78, 5) is 28.0. The molecule has 0 spiro atoms. The van der Waals surface area contributed by atoms with E-state index in [0.717, 1.165) is 5.56 Å². The fourth-order valence-corrected chi connectivity index (χ4v) is 2.89. The first kappa shape index (κ1) is 23.2. The molecule has 0 bridgehead atoms. The number of rotatable bonds is 7. The zero-order chi connectivity index (χ0) is 24.0. The van der Waals surface area contributed by atoms with E-state index in [4.69, 9.17) is 9.47 Å². The number of aromatic nitrogens is 1. The van der Waals surface area contributed by atoms with Crippen LogP contribution >= 0.6 is 0 Å². The highest BCUT2D eigenvalue weighted by molar-refractivity contribution is 5.94. The highest BCUT2D eigenvalue weighted by atomic mass is 16.5. The van der Waals surface area contributed by atoms with Gasteiger partial charge in [-0.05, 0) is 30.7 Å². The molecule has 0 aliphatic rings. The maximum absolute atomic E-state index is 12.3. The second kappa shape index (κ2) is 10.2. The quantitative estimate of drug-likeness (QED) is 0.273. The Morgan fingerprint density at radius 3 is 2.45 bits per heavy atom. The van der Waals surface area contributed by atoms with Gasteiger partial charge in [-0.15, -0.1) is 0 Å². The lowest BCUT2D eigenvalue weighted by Gasteiger charge is -2.15. The number of phenols is 2. The van der Waals surface area contributed by atoms with Crippen molar-refractivity contribution in [3.8, 4) is 28.7 Å². The first-order valence-electron chi connectivity index (χ1n) is 9.91. The summed E-state index contributed by atoms with van der Waals surface area (Å²) in [6.07, 6.45) is 1.49. The predicted molar refractivity (Wildman–Crippen MR) is 121 cm³/mol. The Bertz CT molecular complexity index is 1160. The summed E-state index contributed by atoms with van der Waals surface area (Å²) < 4.78 is 10.9. The molecule has 10 nitrogen and oxygen atoms in total. The van der Waals surface area contributed by atoms with Crippen molar-refractivity contribution in [2.75, 3.05) is 19.5 Å². The average molecular weight is 452 g/mol. The lowest BCUT2D eigenvalue weighted by Crippen LogP contribution is -2.28. The molecule has 33 heavy (non-hydrogen) atoms. The van der Waals surface area contributed by atoms with Crippen LogP contribution in [0.15, 0.2) is 48.7 Å². The van der Waals surface area contributed by atoms with Crippen LogP contribution in [0.2, 0.25) is 0 Å². The number of nitrogens with zero attached hydrogens (tertiary/aromatic N) is 1. The van der Waals surface area contributed by atoms with Gasteiger partial charge in [0.05, 0.1) is 7.11 Å². The number of amides is 3. The number of methoxy groups -OCH3 is 1. The van der Waals surface area contributed by atoms with Crippen LogP contribution in [0.1, 0.15) is 21.6 Å². The first-order valence-corrected chi connectivity index (χ1v) is 9.91. The Morgan fingerprint density at radius 1 is 1.06 bits per heavy atom. The van der Waals surface area contributed by atoms with E-state index >= 15 is 0 Å². The molecule has 0 unspecified atom stereocenters. The molecule has 0 radical (unpaired) electrons. The Balaban J connectivity index is 1.60. The van der Waals surface area contributed by atoms with Crippen LogP contribution in [0.5, 0.6) is 28.7 Å². The molecule has 0 aliphatic carbocycles. The van der Waals surface area contributed by atoms with Crippen LogP contribution in [0.4, 0.5) is 10.5 Å². The van der Waals surface area contributed by atoms with Gasteiger partial charge in [-0.3, -0.25) is 9.78 Å². The van der Waals surface area contributed by atoms with Crippen molar-refractivity contribution in [2.24, 2.45) is 0 Å². The lowest BCUT2D eigenvalue weighted by atomic mass is 10.1. The molecular formula is C23H24N4O6. The number of hydrogen-bond acceptors (Lipinski definition) is 7. The molecule has 0 saturated heterocycles. The molecule has 0 aliphatic heterocycles. The molecule has 10 heteroatoms. The predicted octanol–water partition coefficient (Wildman–Crippen LogP) is 3.28. The van der Waals surface area contributed by atoms with Gasteiger partial charge in [-0.2, -0.15) is 0 Å². The largest absolute Gasteiger partial charge is 0.507 e. The number of urea groups is 1. The lowest BCUT2D eigenvalue weighted by molar-refractivity contribution is 0.0957. The summed E-state index contributed by atoms with van der Waals surface area (Å²) in [6, 6.07) is 10.9. The molecule has 0 fully saturated rings. The molecule has 1 heterocycles. The van der Waals surface area contributed by atoms with Crippen LogP contribution < -0.4 is 25.4 Å². The van der Waals surface area contributed by atoms with Gasteiger partial charge in [-0.1, -0.05) is 12.1 Å². The van der Waals surface area contributed by atoms with Gasteiger partial charge in [0.15, 0.2) is 0 Å². The molecule has 0 atom stereocenters. The number of nitrogens with one attached hydrogen (secondary N) is 3. The number of ether oxygens (including phenoxy) is 2. The van der Waals surface area contributed by atoms with Gasteiger partial charge in [0, 0.05) is 37.5 Å². The van der Waals surface area contributed by atoms with Crippen molar-refractivity contribution in [1.29, 1.82) is 0 Å². The van der Waals surface area contributed by atoms with Crippen LogP contribution in [0, 0.1) is 6.92 Å². The zero-order valence-electron chi connectivity index (χ0n) is 18.3. The summed E-state index contributed by atoms with van der Waals surface area (Å²) in [6.45, 7) is 1.73. The van der Waals surface area contributed by atoms with Crippen LogP contribution in [-0.4, -0.2) is 41.3 Å². The third-order valence-corrected chi connectivity index (χ3v) is 4.75. The number of pyridine rings is 1. The van der Waals surface area contributed by atoms with Crippen molar-refractivity contribution in [1.82, 2.24) is 15.6 Å². The van der Waals surface area contributed by atoms with Crippen molar-refractivity contribution in [2.45, 2.75) is 13.5 Å². The summed E-state index contributed by atoms with van der Waals surface area (Å²) in [5.41, 5.74) is 1.32. The van der Waals surface area contributed by atoms with E-state index in [9.17, 15) is 19.8 Å². The fourth-order valence-electron chi connectivity index (χ4n) is 2.89. The number of carbonyl (C=O) groups is 2. The monoisotopic (exact) mass is 452 g/mol. The topological polar surface area (TPSA) is 142 Å². The Hall–Kier alpha value is -4.47. The minimum Gasteiger partial charge on any atom is -0.507 e. The third-order valence-electron chi connectivity index (χ3n) is 4.75. The van der Waals surface area contributed by atoms with E-state index in [1.54, 1.807) is 30.3 Å². The number of benzene rings is 2. The van der Waals surface area contributed by atoms with Gasteiger partial charge in [-0.25, -0.2) is 4.79 Å². The summed E-state index contributed by atoms with van der Waals surface area (Å²) in [5.74, 6) is 0.406. The summed E-state index contributed by atoms with van der Waals surface area (Å²) >= 11 is 0. The average Bonchev–Trinajstić information content (AvgIpc) is 2.83. The minimum atomic E-state index is -0.562. The number of hydrogen-bond donors (Lipinski definition) is 5. The van der Waals surface area contributed by atoms with Gasteiger partial charge in [0.1, 0.15) is 40.1 Å². The van der Waals surface area contributed by atoms with E-state index in [0.29, 0.717) is 11.5 Å². The van der Waals surface area contributed by atoms with Crippen molar-refractivity contribution in [3.05, 3.63) is 65.5 Å². The smallest absolute Gasteiger partial charge is 0.319 e. The Morgan fingerprint density at radius 2 is 1.79 bits per heavy atom. The van der Waals surface area contributed by atoms with Gasteiger partial charge >= 0.3 is 6.03 Å². The Kier molecular flexibility index (Phi) is 7.19. The van der Waals surface area contributed by atoms with Gasteiger partial charge in [0.2, 0.25) is 0 Å². The molecular weight excluding hydrogens is 428 g/mol. The minimum absolute atomic E-state index is 0.0579. The van der Waals surface area contributed by atoms with Crippen molar-refractivity contribution < 1.29 is 29.3 Å². The number of aromatic hydroxyl groups is 2. The molecule has 3 aromatic rings. The maximum Gasteiger partial charge on any atom is 0.319 e. The fraction of sp³-hybridized carbons (Fsp3) is 0.174. The molecule has 172 valence electrons. The molecule has 5 N–H and O–H groups in total. The summed E-state index contributed by atoms with van der Waals surface area (Å²) in [5, 5.41) is 27.7. The number of carbonyl (C=O) groups excluding carboxylic acids is 2. The van der Waals surface area contributed by atoms with Crippen LogP contribution in [0.3, 0.4) is 0 Å². The molecule has 0 saturated carbocycles. The first-order chi connectivity index (χ1) is 15.8. The van der Waals surface area contributed by atoms with Crippen molar-refractivity contribution in [3.63, 3.8) is 0 Å². The highest BCUT2D eigenvalue weighted by Gasteiger charge is 2.17. The van der Waals surface area contributed by atoms with E-state index in [1.165, 1.54) is 39.4 Å². The molecule has 3 rings (SSSR count). The third kappa shape index (κ3) is 5.62. The normalized spacial score (nSPS) is 10.3. The van der Waals surface area contributed by atoms with E-state index in [2.05, 4.69) is 20.9 Å². The van der Waals surface area contributed by atoms with E-state index in [-0.39, 0.29) is 46.6 Å². The van der Waals surface area contributed by atoms with Gasteiger partial charge < -0.3 is 35.6 Å².